The molecule has 0 aromatic heterocycles. The van der Waals surface area contributed by atoms with E-state index in [-0.39, 0.29) is 18.0 Å². The van der Waals surface area contributed by atoms with Gasteiger partial charge in [-0.2, -0.15) is 0 Å². The summed E-state index contributed by atoms with van der Waals surface area (Å²) < 4.78 is 0. The molecule has 2 unspecified atom stereocenters. The summed E-state index contributed by atoms with van der Waals surface area (Å²) in [4.78, 5) is 11.8. The molecule has 0 radical (unpaired) electrons. The third-order valence-electron chi connectivity index (χ3n) is 3.31. The Bertz CT molecular complexity index is 420. The Hall–Kier alpha value is -1.06. The van der Waals surface area contributed by atoms with Crippen LogP contribution < -0.4 is 10.6 Å². The third-order valence-corrected chi connectivity index (χ3v) is 3.54. The molecule has 106 valence electrons. The second-order valence-electron chi connectivity index (χ2n) is 5.26. The molecule has 0 aliphatic rings. The molecular formula is C15H23ClN2O. The maximum absolute atomic E-state index is 11.8. The first-order valence-electron chi connectivity index (χ1n) is 6.68. The highest BCUT2D eigenvalue weighted by molar-refractivity contribution is 6.30. The maximum atomic E-state index is 11.8. The van der Waals surface area contributed by atoms with Gasteiger partial charge in [-0.05, 0) is 37.5 Å². The fraction of sp³-hybridized carbons (Fsp3) is 0.533. The van der Waals surface area contributed by atoms with Gasteiger partial charge in [0.2, 0.25) is 5.91 Å². The monoisotopic (exact) mass is 282 g/mol. The number of rotatable bonds is 6. The highest BCUT2D eigenvalue weighted by atomic mass is 35.5. The van der Waals surface area contributed by atoms with Crippen LogP contribution in [0, 0.1) is 5.92 Å². The lowest BCUT2D eigenvalue weighted by Gasteiger charge is -2.19. The molecule has 0 spiro atoms. The van der Waals surface area contributed by atoms with Gasteiger partial charge in [-0.3, -0.25) is 4.79 Å². The minimum Gasteiger partial charge on any atom is -0.352 e. The Kier molecular flexibility index (Phi) is 6.32. The number of carbonyl (C=O) groups is 1. The van der Waals surface area contributed by atoms with Crippen molar-refractivity contribution in [2.75, 3.05) is 6.54 Å². The third kappa shape index (κ3) is 5.62. The molecular weight excluding hydrogens is 260 g/mol. The van der Waals surface area contributed by atoms with E-state index < -0.39 is 0 Å². The normalized spacial score (nSPS) is 14.2. The second-order valence-corrected chi connectivity index (χ2v) is 5.69. The summed E-state index contributed by atoms with van der Waals surface area (Å²) in [5, 5.41) is 6.88. The van der Waals surface area contributed by atoms with Crippen molar-refractivity contribution in [1.82, 2.24) is 10.6 Å². The average molecular weight is 283 g/mol. The molecule has 4 heteroatoms. The summed E-state index contributed by atoms with van der Waals surface area (Å²) >= 11 is 5.95. The van der Waals surface area contributed by atoms with Crippen LogP contribution in [0.15, 0.2) is 24.3 Å². The quantitative estimate of drug-likeness (QED) is 0.841. The molecule has 0 heterocycles. The van der Waals surface area contributed by atoms with Gasteiger partial charge in [0.25, 0.3) is 0 Å². The Labute approximate surface area is 120 Å². The van der Waals surface area contributed by atoms with Crippen molar-refractivity contribution < 1.29 is 4.79 Å². The highest BCUT2D eigenvalue weighted by Crippen LogP contribution is 2.16. The molecule has 1 amide bonds. The fourth-order valence-corrected chi connectivity index (χ4v) is 1.81. The molecule has 0 fully saturated rings. The standard InChI is InChI=1S/C15H23ClN2O/c1-10(2)11(3)18-15(19)9-17-12(4)13-6-5-7-14(16)8-13/h5-8,10-12,17H,9H2,1-4H3,(H,18,19). The number of benzene rings is 1. The van der Waals surface area contributed by atoms with Crippen molar-refractivity contribution in [2.45, 2.75) is 39.8 Å². The molecule has 1 rings (SSSR count). The zero-order valence-corrected chi connectivity index (χ0v) is 12.8. The minimum absolute atomic E-state index is 0.0232. The molecule has 1 aromatic carbocycles. The first-order valence-corrected chi connectivity index (χ1v) is 7.06. The zero-order valence-electron chi connectivity index (χ0n) is 12.0. The lowest BCUT2D eigenvalue weighted by molar-refractivity contribution is -0.121. The first-order chi connectivity index (χ1) is 8.90. The van der Waals surface area contributed by atoms with Gasteiger partial charge in [-0.25, -0.2) is 0 Å². The van der Waals surface area contributed by atoms with Gasteiger partial charge < -0.3 is 10.6 Å². The van der Waals surface area contributed by atoms with Crippen LogP contribution in [0.5, 0.6) is 0 Å². The Morgan fingerprint density at radius 2 is 1.95 bits per heavy atom. The van der Waals surface area contributed by atoms with E-state index in [4.69, 9.17) is 11.6 Å². The van der Waals surface area contributed by atoms with Crippen LogP contribution >= 0.6 is 11.6 Å². The number of halogens is 1. The van der Waals surface area contributed by atoms with Crippen molar-refractivity contribution in [1.29, 1.82) is 0 Å². The summed E-state index contributed by atoms with van der Waals surface area (Å²) in [6, 6.07) is 7.95. The molecule has 0 saturated carbocycles. The summed E-state index contributed by atoms with van der Waals surface area (Å²) in [6.45, 7) is 8.53. The van der Waals surface area contributed by atoms with E-state index in [1.165, 1.54) is 0 Å². The Balaban J connectivity index is 2.42. The molecule has 2 N–H and O–H groups in total. The number of hydrogen-bond donors (Lipinski definition) is 2. The van der Waals surface area contributed by atoms with Gasteiger partial charge >= 0.3 is 0 Å². The van der Waals surface area contributed by atoms with E-state index in [0.29, 0.717) is 17.5 Å². The molecule has 0 aliphatic carbocycles. The summed E-state index contributed by atoms with van der Waals surface area (Å²) in [5.74, 6) is 0.462. The van der Waals surface area contributed by atoms with Crippen LogP contribution in [0.4, 0.5) is 0 Å². The average Bonchev–Trinajstić information content (AvgIpc) is 2.35. The van der Waals surface area contributed by atoms with Crippen LogP contribution in [0.2, 0.25) is 5.02 Å². The topological polar surface area (TPSA) is 41.1 Å². The molecule has 3 nitrogen and oxygen atoms in total. The molecule has 19 heavy (non-hydrogen) atoms. The Morgan fingerprint density at radius 1 is 1.26 bits per heavy atom. The van der Waals surface area contributed by atoms with E-state index in [1.807, 2.05) is 38.1 Å². The fourth-order valence-electron chi connectivity index (χ4n) is 1.61. The van der Waals surface area contributed by atoms with Crippen LogP contribution in [0.3, 0.4) is 0 Å². The predicted octanol–water partition coefficient (Wildman–Crippen LogP) is 3.15. The maximum Gasteiger partial charge on any atom is 0.234 e. The van der Waals surface area contributed by atoms with E-state index in [9.17, 15) is 4.79 Å². The van der Waals surface area contributed by atoms with E-state index in [2.05, 4.69) is 24.5 Å². The highest BCUT2D eigenvalue weighted by Gasteiger charge is 2.12. The van der Waals surface area contributed by atoms with Gasteiger partial charge in [0, 0.05) is 17.1 Å². The molecule has 2 atom stereocenters. The summed E-state index contributed by atoms with van der Waals surface area (Å²) in [5.41, 5.74) is 1.08. The zero-order chi connectivity index (χ0) is 14.4. The van der Waals surface area contributed by atoms with Gasteiger partial charge in [-0.15, -0.1) is 0 Å². The molecule has 0 saturated heterocycles. The van der Waals surface area contributed by atoms with Crippen molar-refractivity contribution in [3.05, 3.63) is 34.9 Å². The van der Waals surface area contributed by atoms with E-state index >= 15 is 0 Å². The van der Waals surface area contributed by atoms with Crippen molar-refractivity contribution >= 4 is 17.5 Å². The molecule has 1 aromatic rings. The SMILES string of the molecule is CC(NCC(=O)NC(C)C(C)C)c1cccc(Cl)c1. The van der Waals surface area contributed by atoms with Gasteiger partial charge in [0.05, 0.1) is 6.54 Å². The van der Waals surface area contributed by atoms with Crippen LogP contribution in [0.25, 0.3) is 0 Å². The van der Waals surface area contributed by atoms with Gasteiger partial charge in [0.1, 0.15) is 0 Å². The molecule has 0 bridgehead atoms. The number of amides is 1. The Morgan fingerprint density at radius 3 is 2.53 bits per heavy atom. The van der Waals surface area contributed by atoms with Crippen LogP contribution in [-0.4, -0.2) is 18.5 Å². The number of carbonyl (C=O) groups excluding carboxylic acids is 1. The lowest BCUT2D eigenvalue weighted by Crippen LogP contribution is -2.41. The van der Waals surface area contributed by atoms with Crippen LogP contribution in [0.1, 0.15) is 39.3 Å². The lowest BCUT2D eigenvalue weighted by atomic mass is 10.1. The summed E-state index contributed by atoms with van der Waals surface area (Å²) in [7, 11) is 0. The van der Waals surface area contributed by atoms with Gasteiger partial charge in [0.15, 0.2) is 0 Å². The van der Waals surface area contributed by atoms with Crippen molar-refractivity contribution in [3.8, 4) is 0 Å². The van der Waals surface area contributed by atoms with Crippen molar-refractivity contribution in [3.63, 3.8) is 0 Å². The molecule has 0 aliphatic heterocycles. The first kappa shape index (κ1) is 16.0. The smallest absolute Gasteiger partial charge is 0.234 e. The van der Waals surface area contributed by atoms with E-state index in [0.717, 1.165) is 5.56 Å². The van der Waals surface area contributed by atoms with Crippen LogP contribution in [-0.2, 0) is 4.79 Å². The van der Waals surface area contributed by atoms with Crippen molar-refractivity contribution in [2.24, 2.45) is 5.92 Å². The van der Waals surface area contributed by atoms with Gasteiger partial charge in [-0.1, -0.05) is 37.6 Å². The number of hydrogen-bond acceptors (Lipinski definition) is 2. The minimum atomic E-state index is 0.0232. The van der Waals surface area contributed by atoms with E-state index in [1.54, 1.807) is 0 Å². The number of nitrogens with one attached hydrogen (secondary N) is 2. The largest absolute Gasteiger partial charge is 0.352 e. The predicted molar refractivity (Wildman–Crippen MR) is 80.3 cm³/mol. The summed E-state index contributed by atoms with van der Waals surface area (Å²) in [6.07, 6.45) is 0. The second kappa shape index (κ2) is 7.51.